The maximum Gasteiger partial charge on any atom is 0.394 e. The number of hydrogen-bond acceptors (Lipinski definition) is 4. The number of nitrogens with zero attached hydrogens (tertiary/aromatic N) is 1. The molecule has 0 fully saturated rings. The van der Waals surface area contributed by atoms with Gasteiger partial charge in [-0.3, -0.25) is 9.59 Å². The van der Waals surface area contributed by atoms with Crippen molar-refractivity contribution in [2.45, 2.75) is 52.3 Å². The number of hydrogen-bond donors (Lipinski definition) is 2. The molecule has 36 heavy (non-hydrogen) atoms. The van der Waals surface area contributed by atoms with Crippen molar-refractivity contribution in [2.24, 2.45) is 0 Å². The third-order valence-corrected chi connectivity index (χ3v) is 6.03. The molecule has 0 unspecified atom stereocenters. The van der Waals surface area contributed by atoms with Crippen LogP contribution in [0.15, 0.2) is 66.7 Å². The summed E-state index contributed by atoms with van der Waals surface area (Å²) in [6, 6.07) is 19.8. The van der Waals surface area contributed by atoms with Gasteiger partial charge in [0.2, 0.25) is 11.8 Å². The van der Waals surface area contributed by atoms with Crippen LogP contribution in [0.2, 0.25) is 0 Å². The largest absolute Gasteiger partial charge is 0.433 e. The van der Waals surface area contributed by atoms with Crippen molar-refractivity contribution in [3.8, 4) is 16.9 Å². The minimum atomic E-state index is -3.25. The van der Waals surface area contributed by atoms with E-state index in [1.165, 1.54) is 19.1 Å². The molecule has 0 saturated heterocycles. The lowest BCUT2D eigenvalue weighted by Gasteiger charge is -2.39. The lowest BCUT2D eigenvalue weighted by molar-refractivity contribution is -0.159. The van der Waals surface area contributed by atoms with Crippen molar-refractivity contribution >= 4 is 28.9 Å². The number of anilines is 3. The Balaban J connectivity index is 1.68. The Labute approximate surface area is 209 Å². The third-order valence-electron chi connectivity index (χ3n) is 6.03. The normalized spacial score (nSPS) is 17.2. The molecule has 3 aromatic carbocycles. The Morgan fingerprint density at radius 3 is 2.31 bits per heavy atom. The molecule has 1 heterocycles. The molecule has 1 aliphatic rings. The van der Waals surface area contributed by atoms with Gasteiger partial charge in [-0.2, -0.15) is 8.78 Å². The molecule has 6 nitrogen and oxygen atoms in total. The number of carbonyl (C=O) groups excluding carboxylic acids is 2. The van der Waals surface area contributed by atoms with Crippen molar-refractivity contribution in [3.63, 3.8) is 0 Å². The van der Waals surface area contributed by atoms with Crippen LogP contribution in [0.1, 0.15) is 45.7 Å². The minimum absolute atomic E-state index is 0.0374. The quantitative estimate of drug-likeness (QED) is 0.406. The molecule has 0 aromatic heterocycles. The molecule has 4 rings (SSSR count). The summed E-state index contributed by atoms with van der Waals surface area (Å²) in [6.45, 7) is 5.72. The summed E-state index contributed by atoms with van der Waals surface area (Å²) in [4.78, 5) is 25.8. The first-order valence-electron chi connectivity index (χ1n) is 11.8. The van der Waals surface area contributed by atoms with Crippen LogP contribution in [0.3, 0.4) is 0 Å². The molecule has 8 heteroatoms. The zero-order valence-corrected chi connectivity index (χ0v) is 20.6. The molecule has 0 spiro atoms. The number of alkyl halides is 2. The van der Waals surface area contributed by atoms with Gasteiger partial charge in [-0.15, -0.1) is 0 Å². The van der Waals surface area contributed by atoms with E-state index in [2.05, 4.69) is 21.4 Å². The van der Waals surface area contributed by atoms with Crippen LogP contribution in [0.4, 0.5) is 25.8 Å². The highest BCUT2D eigenvalue weighted by molar-refractivity contribution is 5.94. The van der Waals surface area contributed by atoms with E-state index in [1.54, 1.807) is 24.0 Å². The molecule has 2 N–H and O–H groups in total. The van der Waals surface area contributed by atoms with Crippen LogP contribution >= 0.6 is 0 Å². The van der Waals surface area contributed by atoms with Crippen LogP contribution in [0.5, 0.6) is 5.75 Å². The molecule has 0 radical (unpaired) electrons. The zero-order chi connectivity index (χ0) is 26.0. The predicted octanol–water partition coefficient (Wildman–Crippen LogP) is 6.60. The van der Waals surface area contributed by atoms with E-state index in [0.29, 0.717) is 19.0 Å². The van der Waals surface area contributed by atoms with Gasteiger partial charge in [0.1, 0.15) is 5.75 Å². The third kappa shape index (κ3) is 5.82. The molecule has 188 valence electrons. The Bertz CT molecular complexity index is 1270. The summed E-state index contributed by atoms with van der Waals surface area (Å²) >= 11 is 0. The van der Waals surface area contributed by atoms with Crippen molar-refractivity contribution in [1.82, 2.24) is 0 Å². The number of ether oxygens (including phenoxy) is 1. The van der Waals surface area contributed by atoms with Crippen LogP contribution in [0.25, 0.3) is 11.1 Å². The van der Waals surface area contributed by atoms with Gasteiger partial charge in [-0.05, 0) is 78.6 Å². The molecule has 0 aliphatic carbocycles. The van der Waals surface area contributed by atoms with Crippen molar-refractivity contribution in [3.05, 3.63) is 72.3 Å². The Morgan fingerprint density at radius 2 is 1.67 bits per heavy atom. The van der Waals surface area contributed by atoms with Gasteiger partial charge in [0.05, 0.1) is 6.04 Å². The SMILES string of the molecule is CC(=O)Nc1cccc(-c2ccc3c(c2)[C@H](Nc2ccc(OC(C)(F)F)cc2)C[C@H](C)N3C(C)=O)c1. The summed E-state index contributed by atoms with van der Waals surface area (Å²) < 4.78 is 31.0. The summed E-state index contributed by atoms with van der Waals surface area (Å²) in [5.41, 5.74) is 5.10. The fraction of sp³-hybridized carbons (Fsp3) is 0.286. The van der Waals surface area contributed by atoms with Crippen molar-refractivity contribution in [1.29, 1.82) is 0 Å². The first kappa shape index (κ1) is 25.2. The molecular weight excluding hydrogens is 464 g/mol. The Morgan fingerprint density at radius 1 is 0.972 bits per heavy atom. The summed E-state index contributed by atoms with van der Waals surface area (Å²) in [5, 5.41) is 6.30. The second-order valence-corrected chi connectivity index (χ2v) is 9.14. The maximum atomic E-state index is 13.2. The smallest absolute Gasteiger partial charge is 0.394 e. The number of halogens is 2. The second kappa shape index (κ2) is 9.97. The van der Waals surface area contributed by atoms with Crippen LogP contribution < -0.4 is 20.3 Å². The average molecular weight is 494 g/mol. The lowest BCUT2D eigenvalue weighted by atomic mass is 9.89. The van der Waals surface area contributed by atoms with Crippen molar-refractivity contribution < 1.29 is 23.1 Å². The highest BCUT2D eigenvalue weighted by Crippen LogP contribution is 2.41. The predicted molar refractivity (Wildman–Crippen MR) is 137 cm³/mol. The second-order valence-electron chi connectivity index (χ2n) is 9.14. The first-order chi connectivity index (χ1) is 17.0. The highest BCUT2D eigenvalue weighted by atomic mass is 19.3. The van der Waals surface area contributed by atoms with Crippen LogP contribution in [-0.2, 0) is 9.59 Å². The molecular formula is C28H29F2N3O3. The zero-order valence-electron chi connectivity index (χ0n) is 20.6. The van der Waals surface area contributed by atoms with Gasteiger partial charge >= 0.3 is 6.11 Å². The summed E-state index contributed by atoms with van der Waals surface area (Å²) in [7, 11) is 0. The van der Waals surface area contributed by atoms with Gasteiger partial charge in [-0.1, -0.05) is 18.2 Å². The Kier molecular flexibility index (Phi) is 6.97. The fourth-order valence-electron chi connectivity index (χ4n) is 4.67. The maximum absolute atomic E-state index is 13.2. The highest BCUT2D eigenvalue weighted by Gasteiger charge is 2.32. The van der Waals surface area contributed by atoms with E-state index in [4.69, 9.17) is 0 Å². The summed E-state index contributed by atoms with van der Waals surface area (Å²) in [6.07, 6.45) is -2.59. The van der Waals surface area contributed by atoms with E-state index in [9.17, 15) is 18.4 Å². The van der Waals surface area contributed by atoms with Crippen LogP contribution in [-0.4, -0.2) is 24.0 Å². The number of carbonyl (C=O) groups is 2. The molecule has 3 aromatic rings. The van der Waals surface area contributed by atoms with Gasteiger partial charge in [-0.25, -0.2) is 0 Å². The molecule has 2 atom stereocenters. The van der Waals surface area contributed by atoms with Gasteiger partial charge in [0, 0.05) is 43.9 Å². The van der Waals surface area contributed by atoms with E-state index >= 15 is 0 Å². The van der Waals surface area contributed by atoms with Crippen LogP contribution in [0, 0.1) is 0 Å². The van der Waals surface area contributed by atoms with Gasteiger partial charge < -0.3 is 20.3 Å². The first-order valence-corrected chi connectivity index (χ1v) is 11.8. The number of nitrogens with one attached hydrogen (secondary N) is 2. The van der Waals surface area contributed by atoms with E-state index in [1.807, 2.05) is 43.3 Å². The standard InChI is InChI=1S/C28H29F2N3O3/c1-17-14-26(32-22-9-11-24(12-10-22)36-28(4,29)30)25-16-21(8-13-27(25)33(17)19(3)35)20-6-5-7-23(15-20)31-18(2)34/h5-13,15-17,26,32H,14H2,1-4H3,(H,31,34)/t17-,26+/m0/s1. The molecule has 2 amide bonds. The monoisotopic (exact) mass is 493 g/mol. The summed E-state index contributed by atoms with van der Waals surface area (Å²) in [5.74, 6) is -0.105. The van der Waals surface area contributed by atoms with E-state index in [-0.39, 0.29) is 29.6 Å². The lowest BCUT2D eigenvalue weighted by Crippen LogP contribution is -2.43. The van der Waals surface area contributed by atoms with Crippen molar-refractivity contribution in [2.75, 3.05) is 15.5 Å². The van der Waals surface area contributed by atoms with E-state index < -0.39 is 6.11 Å². The van der Waals surface area contributed by atoms with E-state index in [0.717, 1.165) is 28.1 Å². The number of amides is 2. The Hall–Kier alpha value is -3.94. The minimum Gasteiger partial charge on any atom is -0.433 e. The number of rotatable bonds is 6. The van der Waals surface area contributed by atoms with Gasteiger partial charge in [0.15, 0.2) is 0 Å². The topological polar surface area (TPSA) is 70.7 Å². The average Bonchev–Trinajstić information content (AvgIpc) is 2.78. The van der Waals surface area contributed by atoms with Gasteiger partial charge in [0.25, 0.3) is 0 Å². The molecule has 0 saturated carbocycles. The molecule has 0 bridgehead atoms. The fourth-order valence-corrected chi connectivity index (χ4v) is 4.67. The molecule has 1 aliphatic heterocycles. The number of fused-ring (bicyclic) bond motifs is 1. The number of benzene rings is 3.